The fourth-order valence-corrected chi connectivity index (χ4v) is 3.57. The van der Waals surface area contributed by atoms with E-state index in [-0.39, 0.29) is 11.3 Å². The standard InChI is InChI=1S/C21H20N2O2/c1-25-18-9-6-15-3-2-12-23(19(15)13-18)20(24)16-4-7-17(8-5-16)21(14-22)10-11-21/h4-9,13H,2-3,10-12H2,1H3. The minimum absolute atomic E-state index is 0.00237. The molecule has 1 saturated carbocycles. The average molecular weight is 332 g/mol. The smallest absolute Gasteiger partial charge is 0.258 e. The van der Waals surface area contributed by atoms with Gasteiger partial charge in [-0.25, -0.2) is 0 Å². The first-order chi connectivity index (χ1) is 12.2. The summed E-state index contributed by atoms with van der Waals surface area (Å²) in [5.74, 6) is 0.765. The summed E-state index contributed by atoms with van der Waals surface area (Å²) in [6.45, 7) is 0.711. The Hall–Kier alpha value is -2.80. The van der Waals surface area contributed by atoms with E-state index < -0.39 is 0 Å². The molecular weight excluding hydrogens is 312 g/mol. The van der Waals surface area contributed by atoms with Gasteiger partial charge in [-0.15, -0.1) is 0 Å². The highest BCUT2D eigenvalue weighted by Crippen LogP contribution is 2.47. The summed E-state index contributed by atoms with van der Waals surface area (Å²) in [6.07, 6.45) is 3.76. The van der Waals surface area contributed by atoms with Gasteiger partial charge in [0.25, 0.3) is 5.91 Å². The first kappa shape index (κ1) is 15.7. The zero-order valence-corrected chi connectivity index (χ0v) is 14.3. The summed E-state index contributed by atoms with van der Waals surface area (Å²) < 4.78 is 5.32. The summed E-state index contributed by atoms with van der Waals surface area (Å²) in [5, 5.41) is 9.31. The molecule has 0 spiro atoms. The van der Waals surface area contributed by atoms with Gasteiger partial charge in [-0.2, -0.15) is 5.26 Å². The molecule has 1 aliphatic heterocycles. The molecule has 2 aromatic carbocycles. The van der Waals surface area contributed by atoms with Crippen LogP contribution in [0.5, 0.6) is 5.75 Å². The molecule has 1 fully saturated rings. The van der Waals surface area contributed by atoms with E-state index in [1.807, 2.05) is 47.4 Å². The van der Waals surface area contributed by atoms with Crippen LogP contribution in [0.4, 0.5) is 5.69 Å². The molecule has 4 nitrogen and oxygen atoms in total. The molecule has 0 N–H and O–H groups in total. The number of methoxy groups -OCH3 is 1. The van der Waals surface area contributed by atoms with Gasteiger partial charge in [0.1, 0.15) is 5.75 Å². The van der Waals surface area contributed by atoms with Gasteiger partial charge in [-0.3, -0.25) is 4.79 Å². The van der Waals surface area contributed by atoms with Crippen molar-refractivity contribution in [3.05, 3.63) is 59.2 Å². The first-order valence-corrected chi connectivity index (χ1v) is 8.67. The lowest BCUT2D eigenvalue weighted by atomic mass is 9.96. The molecule has 2 aromatic rings. The van der Waals surface area contributed by atoms with Gasteiger partial charge in [0.2, 0.25) is 0 Å². The van der Waals surface area contributed by atoms with E-state index in [2.05, 4.69) is 6.07 Å². The normalized spacial score (nSPS) is 17.4. The molecule has 126 valence electrons. The van der Waals surface area contributed by atoms with Crippen LogP contribution in [0.2, 0.25) is 0 Å². The van der Waals surface area contributed by atoms with Crippen molar-refractivity contribution < 1.29 is 9.53 Å². The molecule has 4 heteroatoms. The third-order valence-corrected chi connectivity index (χ3v) is 5.30. The molecule has 1 amide bonds. The topological polar surface area (TPSA) is 53.3 Å². The van der Waals surface area contributed by atoms with E-state index in [1.165, 1.54) is 5.56 Å². The molecular formula is C21H20N2O2. The molecule has 0 unspecified atom stereocenters. The maximum absolute atomic E-state index is 13.0. The van der Waals surface area contributed by atoms with Crippen LogP contribution in [0.3, 0.4) is 0 Å². The van der Waals surface area contributed by atoms with Crippen molar-refractivity contribution in [2.24, 2.45) is 0 Å². The number of rotatable bonds is 3. The molecule has 1 heterocycles. The minimum atomic E-state index is -0.313. The number of anilines is 1. The molecule has 0 bridgehead atoms. The second-order valence-electron chi connectivity index (χ2n) is 6.83. The SMILES string of the molecule is COc1ccc2c(c1)N(C(=O)c1ccc(C3(C#N)CC3)cc1)CCC2. The highest BCUT2D eigenvalue weighted by molar-refractivity contribution is 6.06. The van der Waals surface area contributed by atoms with Crippen LogP contribution < -0.4 is 9.64 Å². The number of benzene rings is 2. The van der Waals surface area contributed by atoms with Crippen LogP contribution in [0.1, 0.15) is 40.7 Å². The van der Waals surface area contributed by atoms with Crippen LogP contribution in [-0.2, 0) is 11.8 Å². The van der Waals surface area contributed by atoms with Crippen molar-refractivity contribution in [2.45, 2.75) is 31.1 Å². The third kappa shape index (κ3) is 2.66. The highest BCUT2D eigenvalue weighted by Gasteiger charge is 2.44. The molecule has 0 atom stereocenters. The number of fused-ring (bicyclic) bond motifs is 1. The van der Waals surface area contributed by atoms with E-state index in [4.69, 9.17) is 4.74 Å². The largest absolute Gasteiger partial charge is 0.497 e. The summed E-state index contributed by atoms with van der Waals surface area (Å²) >= 11 is 0. The lowest BCUT2D eigenvalue weighted by molar-refractivity contribution is 0.0985. The number of ether oxygens (including phenoxy) is 1. The van der Waals surface area contributed by atoms with Crippen molar-refractivity contribution in [2.75, 3.05) is 18.6 Å². The quantitative estimate of drug-likeness (QED) is 0.858. The number of nitriles is 1. The molecule has 0 aromatic heterocycles. The molecule has 4 rings (SSSR count). The maximum atomic E-state index is 13.0. The lowest BCUT2D eigenvalue weighted by Crippen LogP contribution is -2.35. The number of nitrogens with zero attached hydrogens (tertiary/aromatic N) is 2. The van der Waals surface area contributed by atoms with Crippen molar-refractivity contribution in [1.29, 1.82) is 5.26 Å². The Bertz CT molecular complexity index is 860. The van der Waals surface area contributed by atoms with E-state index in [0.717, 1.165) is 42.7 Å². The first-order valence-electron chi connectivity index (χ1n) is 8.67. The van der Waals surface area contributed by atoms with E-state index >= 15 is 0 Å². The van der Waals surface area contributed by atoms with Crippen LogP contribution >= 0.6 is 0 Å². The van der Waals surface area contributed by atoms with Gasteiger partial charge >= 0.3 is 0 Å². The van der Waals surface area contributed by atoms with Crippen LogP contribution in [0.15, 0.2) is 42.5 Å². The van der Waals surface area contributed by atoms with Crippen molar-refractivity contribution >= 4 is 11.6 Å². The van der Waals surface area contributed by atoms with Crippen LogP contribution in [0.25, 0.3) is 0 Å². The predicted molar refractivity (Wildman–Crippen MR) is 96.0 cm³/mol. The number of hydrogen-bond acceptors (Lipinski definition) is 3. The number of amides is 1. The Balaban J connectivity index is 1.63. The molecule has 0 radical (unpaired) electrons. The zero-order valence-electron chi connectivity index (χ0n) is 14.3. The minimum Gasteiger partial charge on any atom is -0.497 e. The second kappa shape index (κ2) is 5.93. The van der Waals surface area contributed by atoms with Gasteiger partial charge < -0.3 is 9.64 Å². The summed E-state index contributed by atoms with van der Waals surface area (Å²) in [5.41, 5.74) is 3.49. The number of aryl methyl sites for hydroxylation is 1. The van der Waals surface area contributed by atoms with Gasteiger partial charge in [-0.1, -0.05) is 18.2 Å². The van der Waals surface area contributed by atoms with Crippen LogP contribution in [-0.4, -0.2) is 19.6 Å². The van der Waals surface area contributed by atoms with Crippen LogP contribution in [0, 0.1) is 11.3 Å². The fourth-order valence-electron chi connectivity index (χ4n) is 3.57. The average Bonchev–Trinajstić information content (AvgIpc) is 3.48. The Morgan fingerprint density at radius 1 is 1.20 bits per heavy atom. The maximum Gasteiger partial charge on any atom is 0.258 e. The van der Waals surface area contributed by atoms with Gasteiger partial charge in [0, 0.05) is 18.2 Å². The van der Waals surface area contributed by atoms with E-state index in [1.54, 1.807) is 7.11 Å². The van der Waals surface area contributed by atoms with E-state index in [0.29, 0.717) is 12.1 Å². The highest BCUT2D eigenvalue weighted by atomic mass is 16.5. The van der Waals surface area contributed by atoms with Gasteiger partial charge in [-0.05, 0) is 55.0 Å². The van der Waals surface area contributed by atoms with Gasteiger partial charge in [0.15, 0.2) is 0 Å². The third-order valence-electron chi connectivity index (χ3n) is 5.30. The lowest BCUT2D eigenvalue weighted by Gasteiger charge is -2.30. The van der Waals surface area contributed by atoms with Crippen molar-refractivity contribution in [1.82, 2.24) is 0 Å². The Morgan fingerprint density at radius 2 is 1.96 bits per heavy atom. The second-order valence-corrected chi connectivity index (χ2v) is 6.83. The van der Waals surface area contributed by atoms with Crippen molar-refractivity contribution in [3.8, 4) is 11.8 Å². The number of hydrogen-bond donors (Lipinski definition) is 0. The monoisotopic (exact) mass is 332 g/mol. The summed E-state index contributed by atoms with van der Waals surface area (Å²) in [4.78, 5) is 14.9. The molecule has 2 aliphatic rings. The summed E-state index contributed by atoms with van der Waals surface area (Å²) in [6, 6.07) is 15.9. The fraction of sp³-hybridized carbons (Fsp3) is 0.333. The molecule has 25 heavy (non-hydrogen) atoms. The Morgan fingerprint density at radius 3 is 2.60 bits per heavy atom. The zero-order chi connectivity index (χ0) is 17.4. The molecule has 0 saturated heterocycles. The Kier molecular flexibility index (Phi) is 3.73. The van der Waals surface area contributed by atoms with E-state index in [9.17, 15) is 10.1 Å². The van der Waals surface area contributed by atoms with Gasteiger partial charge in [0.05, 0.1) is 24.3 Å². The van der Waals surface area contributed by atoms with Crippen molar-refractivity contribution in [3.63, 3.8) is 0 Å². The number of carbonyl (C=O) groups excluding carboxylic acids is 1. The molecule has 1 aliphatic carbocycles. The number of carbonyl (C=O) groups is 1. The Labute approximate surface area is 147 Å². The predicted octanol–water partition coefficient (Wildman–Crippen LogP) is 3.84. The summed E-state index contributed by atoms with van der Waals surface area (Å²) in [7, 11) is 1.64.